The van der Waals surface area contributed by atoms with Crippen molar-refractivity contribution in [2.24, 2.45) is 0 Å². The molecule has 0 amide bonds. The zero-order valence-corrected chi connectivity index (χ0v) is 9.86. The van der Waals surface area contributed by atoms with Crippen LogP contribution in [0.5, 0.6) is 0 Å². The van der Waals surface area contributed by atoms with E-state index in [1.807, 2.05) is 0 Å². The predicted octanol–water partition coefficient (Wildman–Crippen LogP) is 0.385. The molecular formula is C10H19N3O3. The SMILES string of the molecule is COCCCc1noc(CNCCOC)n1. The lowest BCUT2D eigenvalue weighted by Crippen LogP contribution is -2.18. The minimum Gasteiger partial charge on any atom is -0.385 e. The van der Waals surface area contributed by atoms with Crippen LogP contribution < -0.4 is 5.32 Å². The molecule has 92 valence electrons. The Morgan fingerprint density at radius 2 is 2.06 bits per heavy atom. The molecule has 6 heteroatoms. The van der Waals surface area contributed by atoms with Crippen molar-refractivity contribution in [2.75, 3.05) is 34.0 Å². The van der Waals surface area contributed by atoms with Crippen LogP contribution in [0.3, 0.4) is 0 Å². The summed E-state index contributed by atoms with van der Waals surface area (Å²) >= 11 is 0. The number of hydrogen-bond acceptors (Lipinski definition) is 6. The van der Waals surface area contributed by atoms with Gasteiger partial charge in [0.25, 0.3) is 0 Å². The fourth-order valence-electron chi connectivity index (χ4n) is 1.21. The number of rotatable bonds is 9. The fraction of sp³-hybridized carbons (Fsp3) is 0.800. The predicted molar refractivity (Wildman–Crippen MR) is 58.1 cm³/mol. The highest BCUT2D eigenvalue weighted by molar-refractivity contribution is 4.86. The topological polar surface area (TPSA) is 69.4 Å². The molecule has 0 atom stereocenters. The van der Waals surface area contributed by atoms with E-state index in [9.17, 15) is 0 Å². The van der Waals surface area contributed by atoms with Crippen LogP contribution in [0.2, 0.25) is 0 Å². The summed E-state index contributed by atoms with van der Waals surface area (Å²) in [5.74, 6) is 1.35. The molecule has 6 nitrogen and oxygen atoms in total. The lowest BCUT2D eigenvalue weighted by Gasteiger charge is -1.98. The molecule has 0 saturated carbocycles. The van der Waals surface area contributed by atoms with E-state index in [1.54, 1.807) is 14.2 Å². The van der Waals surface area contributed by atoms with Crippen LogP contribution >= 0.6 is 0 Å². The van der Waals surface area contributed by atoms with E-state index in [1.165, 1.54) is 0 Å². The van der Waals surface area contributed by atoms with Crippen LogP contribution in [0.25, 0.3) is 0 Å². The van der Waals surface area contributed by atoms with Gasteiger partial charge in [0.05, 0.1) is 13.2 Å². The van der Waals surface area contributed by atoms with Gasteiger partial charge in [-0.2, -0.15) is 4.98 Å². The Morgan fingerprint density at radius 3 is 2.81 bits per heavy atom. The van der Waals surface area contributed by atoms with Crippen LogP contribution in [-0.2, 0) is 22.4 Å². The quantitative estimate of drug-likeness (QED) is 0.617. The molecule has 16 heavy (non-hydrogen) atoms. The Labute approximate surface area is 95.3 Å². The zero-order valence-electron chi connectivity index (χ0n) is 9.86. The molecule has 1 N–H and O–H groups in total. The van der Waals surface area contributed by atoms with E-state index in [0.29, 0.717) is 19.0 Å². The fourth-order valence-corrected chi connectivity index (χ4v) is 1.21. The molecule has 1 aromatic rings. The summed E-state index contributed by atoms with van der Waals surface area (Å²) in [6.07, 6.45) is 1.70. The maximum Gasteiger partial charge on any atom is 0.240 e. The standard InChI is InChI=1S/C10H19N3O3/c1-14-6-3-4-9-12-10(16-13-9)8-11-5-7-15-2/h11H,3-8H2,1-2H3. The number of ether oxygens (including phenoxy) is 2. The van der Waals surface area contributed by atoms with Crippen LogP contribution in [0, 0.1) is 0 Å². The number of nitrogens with one attached hydrogen (secondary N) is 1. The molecule has 0 saturated heterocycles. The smallest absolute Gasteiger partial charge is 0.240 e. The van der Waals surface area contributed by atoms with Crippen molar-refractivity contribution in [3.8, 4) is 0 Å². The van der Waals surface area contributed by atoms with Gasteiger partial charge in [0.15, 0.2) is 5.82 Å². The van der Waals surface area contributed by atoms with Crippen LogP contribution in [-0.4, -0.2) is 44.1 Å². The third-order valence-electron chi connectivity index (χ3n) is 2.02. The van der Waals surface area contributed by atoms with Gasteiger partial charge in [0, 0.05) is 33.8 Å². The van der Waals surface area contributed by atoms with Gasteiger partial charge in [-0.15, -0.1) is 0 Å². The van der Waals surface area contributed by atoms with Crippen LogP contribution in [0.4, 0.5) is 0 Å². The minimum atomic E-state index is 0.584. The van der Waals surface area contributed by atoms with Crippen molar-refractivity contribution in [3.63, 3.8) is 0 Å². The summed E-state index contributed by atoms with van der Waals surface area (Å²) in [6, 6.07) is 0. The Bertz CT molecular complexity index is 278. The third-order valence-corrected chi connectivity index (χ3v) is 2.02. The number of aromatic nitrogens is 2. The molecule has 0 bridgehead atoms. The van der Waals surface area contributed by atoms with Gasteiger partial charge in [0.2, 0.25) is 5.89 Å². The first kappa shape index (κ1) is 13.1. The van der Waals surface area contributed by atoms with Crippen molar-refractivity contribution in [1.29, 1.82) is 0 Å². The molecular weight excluding hydrogens is 210 g/mol. The summed E-state index contributed by atoms with van der Waals surface area (Å²) < 4.78 is 14.9. The highest BCUT2D eigenvalue weighted by Gasteiger charge is 2.04. The average Bonchev–Trinajstić information content (AvgIpc) is 2.73. The Kier molecular flexibility index (Phi) is 6.71. The second kappa shape index (κ2) is 8.20. The van der Waals surface area contributed by atoms with Crippen LogP contribution in [0.15, 0.2) is 4.52 Å². The Balaban J connectivity index is 2.17. The van der Waals surface area contributed by atoms with Gasteiger partial charge in [-0.3, -0.25) is 0 Å². The van der Waals surface area contributed by atoms with E-state index >= 15 is 0 Å². The molecule has 0 radical (unpaired) electrons. The number of aryl methyl sites for hydroxylation is 1. The zero-order chi connectivity index (χ0) is 11.6. The Hall–Kier alpha value is -0.980. The molecule has 0 fully saturated rings. The van der Waals surface area contributed by atoms with E-state index in [0.717, 1.165) is 31.8 Å². The molecule has 0 aliphatic heterocycles. The van der Waals surface area contributed by atoms with E-state index in [-0.39, 0.29) is 0 Å². The molecule has 0 spiro atoms. The monoisotopic (exact) mass is 229 g/mol. The largest absolute Gasteiger partial charge is 0.385 e. The van der Waals surface area contributed by atoms with E-state index in [4.69, 9.17) is 14.0 Å². The number of methoxy groups -OCH3 is 2. The average molecular weight is 229 g/mol. The number of nitrogens with zero attached hydrogens (tertiary/aromatic N) is 2. The third kappa shape index (κ3) is 5.20. The van der Waals surface area contributed by atoms with Gasteiger partial charge in [0.1, 0.15) is 0 Å². The first-order chi connectivity index (χ1) is 7.86. The van der Waals surface area contributed by atoms with E-state index < -0.39 is 0 Å². The van der Waals surface area contributed by atoms with Crippen molar-refractivity contribution < 1.29 is 14.0 Å². The Morgan fingerprint density at radius 1 is 1.25 bits per heavy atom. The number of hydrogen-bond donors (Lipinski definition) is 1. The highest BCUT2D eigenvalue weighted by atomic mass is 16.5. The highest BCUT2D eigenvalue weighted by Crippen LogP contribution is 2.00. The molecule has 0 aliphatic carbocycles. The molecule has 1 rings (SSSR count). The molecule has 0 aromatic carbocycles. The first-order valence-electron chi connectivity index (χ1n) is 5.37. The minimum absolute atomic E-state index is 0.584. The van der Waals surface area contributed by atoms with Crippen molar-refractivity contribution in [1.82, 2.24) is 15.5 Å². The first-order valence-corrected chi connectivity index (χ1v) is 5.37. The van der Waals surface area contributed by atoms with Crippen molar-refractivity contribution >= 4 is 0 Å². The maximum atomic E-state index is 5.07. The van der Waals surface area contributed by atoms with Gasteiger partial charge in [-0.05, 0) is 6.42 Å². The van der Waals surface area contributed by atoms with Crippen molar-refractivity contribution in [2.45, 2.75) is 19.4 Å². The van der Waals surface area contributed by atoms with Gasteiger partial charge < -0.3 is 19.3 Å². The summed E-state index contributed by atoms with van der Waals surface area (Å²) in [7, 11) is 3.35. The second-order valence-corrected chi connectivity index (χ2v) is 3.37. The summed E-state index contributed by atoms with van der Waals surface area (Å²) in [4.78, 5) is 4.24. The summed E-state index contributed by atoms with van der Waals surface area (Å²) in [6.45, 7) is 2.75. The lowest BCUT2D eigenvalue weighted by atomic mass is 10.3. The summed E-state index contributed by atoms with van der Waals surface area (Å²) in [5.41, 5.74) is 0. The maximum absolute atomic E-state index is 5.07. The van der Waals surface area contributed by atoms with Gasteiger partial charge in [-0.25, -0.2) is 0 Å². The second-order valence-electron chi connectivity index (χ2n) is 3.37. The molecule has 0 unspecified atom stereocenters. The normalized spacial score (nSPS) is 10.9. The van der Waals surface area contributed by atoms with Gasteiger partial charge >= 0.3 is 0 Å². The molecule has 0 aliphatic rings. The molecule has 1 heterocycles. The lowest BCUT2D eigenvalue weighted by molar-refractivity contribution is 0.194. The van der Waals surface area contributed by atoms with E-state index in [2.05, 4.69) is 15.5 Å². The molecule has 1 aromatic heterocycles. The van der Waals surface area contributed by atoms with Gasteiger partial charge in [-0.1, -0.05) is 5.16 Å². The summed E-state index contributed by atoms with van der Waals surface area (Å²) in [5, 5.41) is 7.01. The van der Waals surface area contributed by atoms with Crippen LogP contribution in [0.1, 0.15) is 18.1 Å². The van der Waals surface area contributed by atoms with Crippen molar-refractivity contribution in [3.05, 3.63) is 11.7 Å².